The Morgan fingerprint density at radius 1 is 1.24 bits per heavy atom. The van der Waals surface area contributed by atoms with Gasteiger partial charge in [-0.1, -0.05) is 18.6 Å². The summed E-state index contributed by atoms with van der Waals surface area (Å²) in [6.45, 7) is 2.18. The molecule has 4 rings (SSSR count). The maximum atomic E-state index is 14.0. The molecule has 0 bridgehead atoms. The Hall–Kier alpha value is -2.70. The minimum absolute atomic E-state index is 0.0319. The summed E-state index contributed by atoms with van der Waals surface area (Å²) < 4.78 is 27.3. The molecule has 2 heterocycles. The molecule has 1 aromatic carbocycles. The Morgan fingerprint density at radius 2 is 2.03 bits per heavy atom. The smallest absolute Gasteiger partial charge is 0.191 e. The molecule has 5 nitrogen and oxygen atoms in total. The predicted octanol–water partition coefficient (Wildman–Crippen LogP) is 3.23. The lowest BCUT2D eigenvalue weighted by Gasteiger charge is -2.43. The molecule has 2 aromatic rings. The maximum Gasteiger partial charge on any atom is 0.191 e. The second kappa shape index (κ2) is 8.35. The first-order valence-corrected chi connectivity index (χ1v) is 10.2. The Morgan fingerprint density at radius 3 is 2.69 bits per heavy atom. The van der Waals surface area contributed by atoms with Crippen LogP contribution in [0.15, 0.2) is 47.6 Å². The number of benzene rings is 1. The molecule has 1 atom stereocenters. The summed E-state index contributed by atoms with van der Waals surface area (Å²) in [7, 11) is 1.76. The fourth-order valence-corrected chi connectivity index (χ4v) is 4.30. The molecule has 1 saturated carbocycles. The van der Waals surface area contributed by atoms with Gasteiger partial charge >= 0.3 is 0 Å². The van der Waals surface area contributed by atoms with E-state index in [-0.39, 0.29) is 23.1 Å². The number of pyridine rings is 1. The fraction of sp³-hybridized carbons (Fsp3) is 0.455. The number of hydrogen-bond acceptors (Lipinski definition) is 3. The number of hydrogen-bond donors (Lipinski definition) is 2. The van der Waals surface area contributed by atoms with E-state index < -0.39 is 0 Å². The third-order valence-corrected chi connectivity index (χ3v) is 6.15. The molecule has 0 amide bonds. The van der Waals surface area contributed by atoms with Crippen molar-refractivity contribution in [2.45, 2.75) is 37.1 Å². The first-order chi connectivity index (χ1) is 14.1. The summed E-state index contributed by atoms with van der Waals surface area (Å²) in [6.07, 6.45) is 5.85. The van der Waals surface area contributed by atoms with Gasteiger partial charge in [0.1, 0.15) is 5.82 Å². The minimum Gasteiger partial charge on any atom is -0.356 e. The minimum atomic E-state index is -0.290. The molecule has 2 aliphatic rings. The number of aliphatic imine (C=N–C) groups is 1. The third kappa shape index (κ3) is 4.18. The molecule has 1 aliphatic heterocycles. The lowest BCUT2D eigenvalue weighted by Crippen LogP contribution is -2.51. The molecule has 1 aliphatic carbocycles. The van der Waals surface area contributed by atoms with Crippen molar-refractivity contribution in [2.75, 3.05) is 31.6 Å². The van der Waals surface area contributed by atoms with Crippen LogP contribution in [-0.2, 0) is 5.41 Å². The van der Waals surface area contributed by atoms with Crippen LogP contribution in [0.1, 0.15) is 31.2 Å². The van der Waals surface area contributed by atoms with Crippen molar-refractivity contribution in [3.05, 3.63) is 59.8 Å². The molecule has 1 unspecified atom stereocenters. The van der Waals surface area contributed by atoms with E-state index in [0.717, 1.165) is 38.3 Å². The average molecular weight is 399 g/mol. The van der Waals surface area contributed by atoms with Gasteiger partial charge in [-0.25, -0.2) is 13.8 Å². The second-order valence-electron chi connectivity index (χ2n) is 7.95. The highest BCUT2D eigenvalue weighted by Crippen LogP contribution is 2.43. The zero-order chi connectivity index (χ0) is 20.3. The van der Waals surface area contributed by atoms with Crippen molar-refractivity contribution in [3.8, 4) is 0 Å². The summed E-state index contributed by atoms with van der Waals surface area (Å²) in [5.74, 6) is 0.655. The van der Waals surface area contributed by atoms with Crippen LogP contribution >= 0.6 is 0 Å². The summed E-state index contributed by atoms with van der Waals surface area (Å²) in [5, 5.41) is 6.91. The van der Waals surface area contributed by atoms with Crippen molar-refractivity contribution in [3.63, 3.8) is 0 Å². The van der Waals surface area contributed by atoms with Gasteiger partial charge in [-0.2, -0.15) is 0 Å². The van der Waals surface area contributed by atoms with Crippen LogP contribution < -0.4 is 15.5 Å². The lowest BCUT2D eigenvalue weighted by molar-refractivity contribution is 0.243. The van der Waals surface area contributed by atoms with Crippen LogP contribution in [0, 0.1) is 11.6 Å². The quantitative estimate of drug-likeness (QED) is 0.599. The monoisotopic (exact) mass is 399 g/mol. The zero-order valence-corrected chi connectivity index (χ0v) is 16.7. The number of rotatable bonds is 5. The van der Waals surface area contributed by atoms with Crippen molar-refractivity contribution < 1.29 is 8.78 Å². The topological polar surface area (TPSA) is 52.6 Å². The van der Waals surface area contributed by atoms with Crippen LogP contribution in [0.4, 0.5) is 14.6 Å². The van der Waals surface area contributed by atoms with Crippen LogP contribution in [0.2, 0.25) is 0 Å². The molecule has 29 heavy (non-hydrogen) atoms. The second-order valence-corrected chi connectivity index (χ2v) is 7.95. The van der Waals surface area contributed by atoms with Crippen molar-refractivity contribution in [1.29, 1.82) is 0 Å². The van der Waals surface area contributed by atoms with Crippen LogP contribution in [0.3, 0.4) is 0 Å². The van der Waals surface area contributed by atoms with Crippen LogP contribution in [0.25, 0.3) is 0 Å². The summed E-state index contributed by atoms with van der Waals surface area (Å²) in [5.41, 5.74) is 1.20. The highest BCUT2D eigenvalue weighted by molar-refractivity contribution is 5.80. The van der Waals surface area contributed by atoms with E-state index in [9.17, 15) is 8.78 Å². The first-order valence-electron chi connectivity index (χ1n) is 10.2. The third-order valence-electron chi connectivity index (χ3n) is 6.15. The normalized spacial score (nSPS) is 21.0. The van der Waals surface area contributed by atoms with Crippen molar-refractivity contribution in [2.24, 2.45) is 4.99 Å². The van der Waals surface area contributed by atoms with E-state index in [4.69, 9.17) is 0 Å². The fourth-order valence-electron chi connectivity index (χ4n) is 4.30. The molecule has 154 valence electrons. The van der Waals surface area contributed by atoms with E-state index in [1.165, 1.54) is 30.2 Å². The van der Waals surface area contributed by atoms with Crippen molar-refractivity contribution in [1.82, 2.24) is 15.6 Å². The standard InChI is InChI=1S/C22H27F2N5/c1-25-21(27-15-22(10-3-11-22)16-5-7-17(23)8-6-16)28-18-9-13-29(14-18)20-19(24)4-2-12-26-20/h2,4-8,12,18H,3,9-11,13-15H2,1H3,(H2,25,27,28). The largest absolute Gasteiger partial charge is 0.356 e. The molecule has 7 heteroatoms. The van der Waals surface area contributed by atoms with Gasteiger partial charge in [0.15, 0.2) is 17.6 Å². The lowest BCUT2D eigenvalue weighted by atomic mass is 9.64. The Labute approximate surface area is 170 Å². The zero-order valence-electron chi connectivity index (χ0n) is 16.7. The Balaban J connectivity index is 1.34. The van der Waals surface area contributed by atoms with Gasteiger partial charge in [0, 0.05) is 44.3 Å². The van der Waals surface area contributed by atoms with Gasteiger partial charge in [-0.05, 0) is 49.1 Å². The van der Waals surface area contributed by atoms with Crippen LogP contribution in [-0.4, -0.2) is 43.7 Å². The van der Waals surface area contributed by atoms with Gasteiger partial charge < -0.3 is 15.5 Å². The number of anilines is 1. The van der Waals surface area contributed by atoms with E-state index in [0.29, 0.717) is 12.4 Å². The average Bonchev–Trinajstić information content (AvgIpc) is 3.16. The van der Waals surface area contributed by atoms with Gasteiger partial charge in [0.25, 0.3) is 0 Å². The molecular weight excluding hydrogens is 372 g/mol. The summed E-state index contributed by atoms with van der Waals surface area (Å²) >= 11 is 0. The molecule has 1 aromatic heterocycles. The predicted molar refractivity (Wildman–Crippen MR) is 111 cm³/mol. The van der Waals surface area contributed by atoms with Gasteiger partial charge in [-0.15, -0.1) is 0 Å². The first kappa shape index (κ1) is 19.6. The number of aromatic nitrogens is 1. The van der Waals surface area contributed by atoms with Gasteiger partial charge in [0.05, 0.1) is 0 Å². The van der Waals surface area contributed by atoms with Crippen molar-refractivity contribution >= 4 is 11.8 Å². The molecule has 0 radical (unpaired) electrons. The number of guanidine groups is 1. The van der Waals surface area contributed by atoms with Crippen LogP contribution in [0.5, 0.6) is 0 Å². The number of nitrogens with one attached hydrogen (secondary N) is 2. The van der Waals surface area contributed by atoms with E-state index in [1.807, 2.05) is 17.0 Å². The van der Waals surface area contributed by atoms with E-state index >= 15 is 0 Å². The molecule has 0 spiro atoms. The molecular formula is C22H27F2N5. The molecule has 2 fully saturated rings. The van der Waals surface area contributed by atoms with Gasteiger partial charge in [-0.3, -0.25) is 4.99 Å². The van der Waals surface area contributed by atoms with E-state index in [2.05, 4.69) is 20.6 Å². The maximum absolute atomic E-state index is 14.0. The SMILES string of the molecule is CN=C(NCC1(c2ccc(F)cc2)CCC1)NC1CCN(c2ncccc2F)C1. The number of halogens is 2. The number of nitrogens with zero attached hydrogens (tertiary/aromatic N) is 3. The molecule has 1 saturated heterocycles. The highest BCUT2D eigenvalue weighted by Gasteiger charge is 2.38. The highest BCUT2D eigenvalue weighted by atomic mass is 19.1. The Kier molecular flexibility index (Phi) is 5.65. The Bertz CT molecular complexity index is 864. The van der Waals surface area contributed by atoms with Gasteiger partial charge in [0.2, 0.25) is 0 Å². The summed E-state index contributed by atoms with van der Waals surface area (Å²) in [4.78, 5) is 10.5. The summed E-state index contributed by atoms with van der Waals surface area (Å²) in [6, 6.07) is 10.1. The molecule has 2 N–H and O–H groups in total. The van der Waals surface area contributed by atoms with E-state index in [1.54, 1.807) is 19.3 Å².